The van der Waals surface area contributed by atoms with E-state index >= 15 is 0 Å². The van der Waals surface area contributed by atoms with Crippen molar-refractivity contribution in [1.29, 1.82) is 0 Å². The molecule has 1 amide bonds. The molecule has 1 aromatic heterocycles. The van der Waals surface area contributed by atoms with Crippen molar-refractivity contribution in [3.63, 3.8) is 0 Å². The molecule has 22 heavy (non-hydrogen) atoms. The molecule has 0 aromatic carbocycles. The third kappa shape index (κ3) is 2.88. The number of pyridine rings is 1. The number of fused-ring (bicyclic) bond motifs is 1. The van der Waals surface area contributed by atoms with Gasteiger partial charge in [-0.1, -0.05) is 6.07 Å². The van der Waals surface area contributed by atoms with E-state index in [4.69, 9.17) is 9.47 Å². The van der Waals surface area contributed by atoms with Gasteiger partial charge in [0, 0.05) is 31.3 Å². The lowest BCUT2D eigenvalue weighted by molar-refractivity contribution is -0.133. The Morgan fingerprint density at radius 2 is 2.32 bits per heavy atom. The van der Waals surface area contributed by atoms with Crippen LogP contribution in [0, 0.1) is 11.8 Å². The van der Waals surface area contributed by atoms with Gasteiger partial charge in [0.05, 0.1) is 32.0 Å². The maximum Gasteiger partial charge on any atom is 0.223 e. The van der Waals surface area contributed by atoms with Crippen LogP contribution >= 0.6 is 0 Å². The van der Waals surface area contributed by atoms with Gasteiger partial charge in [0.25, 0.3) is 0 Å². The van der Waals surface area contributed by atoms with Gasteiger partial charge in [-0.05, 0) is 30.4 Å². The summed E-state index contributed by atoms with van der Waals surface area (Å²) in [6.45, 7) is 2.63. The van der Waals surface area contributed by atoms with Gasteiger partial charge in [-0.3, -0.25) is 9.78 Å². The number of hydrogen-bond donors (Lipinski definition) is 0. The number of hydrogen-bond acceptors (Lipinski definition) is 4. The molecule has 1 aromatic rings. The number of ether oxygens (including phenoxy) is 2. The Labute approximate surface area is 130 Å². The zero-order valence-electron chi connectivity index (χ0n) is 12.7. The van der Waals surface area contributed by atoms with E-state index in [0.29, 0.717) is 44.6 Å². The summed E-state index contributed by atoms with van der Waals surface area (Å²) in [7, 11) is 0. The lowest BCUT2D eigenvalue weighted by atomic mass is 10.0. The van der Waals surface area contributed by atoms with Gasteiger partial charge in [-0.15, -0.1) is 0 Å². The number of nitrogens with zero attached hydrogens (tertiary/aromatic N) is 2. The third-order valence-corrected chi connectivity index (χ3v) is 5.02. The van der Waals surface area contributed by atoms with Crippen LogP contribution in [0.5, 0.6) is 0 Å². The van der Waals surface area contributed by atoms with Crippen molar-refractivity contribution < 1.29 is 14.3 Å². The van der Waals surface area contributed by atoms with E-state index in [9.17, 15) is 4.79 Å². The molecule has 5 heteroatoms. The van der Waals surface area contributed by atoms with Crippen molar-refractivity contribution >= 4 is 5.91 Å². The monoisotopic (exact) mass is 302 g/mol. The minimum absolute atomic E-state index is 0.0795. The quantitative estimate of drug-likeness (QED) is 0.829. The summed E-state index contributed by atoms with van der Waals surface area (Å²) in [6.07, 6.45) is 6.80. The molecule has 3 aliphatic rings. The summed E-state index contributed by atoms with van der Waals surface area (Å²) in [4.78, 5) is 18.6. The Kier molecular flexibility index (Phi) is 3.84. The summed E-state index contributed by atoms with van der Waals surface area (Å²) in [5, 5.41) is 0. The SMILES string of the molecule is O=C(CC1CC1)N1C[C@@H](OCc2cccnc2)[C@@H]2COC[C@@H]21. The van der Waals surface area contributed by atoms with Gasteiger partial charge in [-0.2, -0.15) is 0 Å². The second-order valence-corrected chi connectivity index (χ2v) is 6.67. The lowest BCUT2D eigenvalue weighted by Gasteiger charge is -2.22. The molecule has 5 nitrogen and oxygen atoms in total. The van der Waals surface area contributed by atoms with Crippen molar-refractivity contribution in [3.8, 4) is 0 Å². The van der Waals surface area contributed by atoms with Crippen LogP contribution in [-0.2, 0) is 20.9 Å². The summed E-state index contributed by atoms with van der Waals surface area (Å²) < 4.78 is 11.7. The number of aromatic nitrogens is 1. The molecule has 0 N–H and O–H groups in total. The molecule has 3 fully saturated rings. The maximum absolute atomic E-state index is 12.5. The number of carbonyl (C=O) groups excluding carboxylic acids is 1. The minimum Gasteiger partial charge on any atom is -0.379 e. The average Bonchev–Trinajstić information content (AvgIpc) is 3.10. The van der Waals surface area contributed by atoms with E-state index in [1.54, 1.807) is 6.20 Å². The molecule has 0 unspecified atom stereocenters. The normalized spacial score (nSPS) is 30.5. The third-order valence-electron chi connectivity index (χ3n) is 5.02. The van der Waals surface area contributed by atoms with Crippen LogP contribution in [0.25, 0.3) is 0 Å². The fourth-order valence-electron chi connectivity index (χ4n) is 3.54. The minimum atomic E-state index is 0.0795. The Morgan fingerprint density at radius 1 is 1.41 bits per heavy atom. The first-order valence-corrected chi connectivity index (χ1v) is 8.19. The van der Waals surface area contributed by atoms with Crippen molar-refractivity contribution in [2.45, 2.75) is 38.0 Å². The molecule has 118 valence electrons. The Balaban J connectivity index is 1.39. The predicted molar refractivity (Wildman–Crippen MR) is 80.0 cm³/mol. The van der Waals surface area contributed by atoms with Crippen molar-refractivity contribution in [2.75, 3.05) is 19.8 Å². The Hall–Kier alpha value is -1.46. The van der Waals surface area contributed by atoms with Crippen LogP contribution in [-0.4, -0.2) is 47.7 Å². The lowest BCUT2D eigenvalue weighted by Crippen LogP contribution is -2.38. The van der Waals surface area contributed by atoms with Gasteiger partial charge in [-0.25, -0.2) is 0 Å². The van der Waals surface area contributed by atoms with E-state index in [2.05, 4.69) is 4.98 Å². The van der Waals surface area contributed by atoms with Crippen molar-refractivity contribution in [3.05, 3.63) is 30.1 Å². The molecule has 3 atom stereocenters. The number of rotatable bonds is 5. The van der Waals surface area contributed by atoms with E-state index in [1.165, 1.54) is 12.8 Å². The zero-order valence-corrected chi connectivity index (χ0v) is 12.7. The van der Waals surface area contributed by atoms with Crippen LogP contribution < -0.4 is 0 Å². The van der Waals surface area contributed by atoms with Crippen LogP contribution in [0.4, 0.5) is 0 Å². The molecule has 0 spiro atoms. The van der Waals surface area contributed by atoms with Crippen molar-refractivity contribution in [1.82, 2.24) is 9.88 Å². The molecule has 0 radical (unpaired) electrons. The second kappa shape index (κ2) is 5.97. The Bertz CT molecular complexity index is 532. The molecule has 3 heterocycles. The van der Waals surface area contributed by atoms with Gasteiger partial charge < -0.3 is 14.4 Å². The van der Waals surface area contributed by atoms with E-state index in [0.717, 1.165) is 5.56 Å². The maximum atomic E-state index is 12.5. The molecular weight excluding hydrogens is 280 g/mol. The highest BCUT2D eigenvalue weighted by Gasteiger charge is 2.48. The Morgan fingerprint density at radius 3 is 3.09 bits per heavy atom. The summed E-state index contributed by atoms with van der Waals surface area (Å²) >= 11 is 0. The van der Waals surface area contributed by atoms with Gasteiger partial charge in [0.15, 0.2) is 0 Å². The van der Waals surface area contributed by atoms with Gasteiger partial charge in [0.1, 0.15) is 0 Å². The largest absolute Gasteiger partial charge is 0.379 e. The first-order chi connectivity index (χ1) is 10.8. The van der Waals surface area contributed by atoms with Gasteiger partial charge >= 0.3 is 0 Å². The molecule has 2 aliphatic heterocycles. The fourth-order valence-corrected chi connectivity index (χ4v) is 3.54. The van der Waals surface area contributed by atoms with Crippen LogP contribution in [0.3, 0.4) is 0 Å². The molecule has 1 aliphatic carbocycles. The first-order valence-electron chi connectivity index (χ1n) is 8.19. The highest BCUT2D eigenvalue weighted by Crippen LogP contribution is 2.37. The van der Waals surface area contributed by atoms with E-state index < -0.39 is 0 Å². The van der Waals surface area contributed by atoms with Crippen molar-refractivity contribution in [2.24, 2.45) is 11.8 Å². The topological polar surface area (TPSA) is 51.7 Å². The fraction of sp³-hybridized carbons (Fsp3) is 0.647. The van der Waals surface area contributed by atoms with Crippen LogP contribution in [0.15, 0.2) is 24.5 Å². The highest BCUT2D eigenvalue weighted by atomic mass is 16.5. The van der Waals surface area contributed by atoms with E-state index in [1.807, 2.05) is 23.2 Å². The van der Waals surface area contributed by atoms with Gasteiger partial charge in [0.2, 0.25) is 5.91 Å². The average molecular weight is 302 g/mol. The molecule has 2 saturated heterocycles. The standard InChI is InChI=1S/C17H22N2O3/c20-17(6-12-3-4-12)19-8-16(14-10-21-11-15(14)19)22-9-13-2-1-5-18-7-13/h1-2,5,7,12,14-16H,3-4,6,8-11H2/t14-,15+,16-/m1/s1. The van der Waals surface area contributed by atoms with E-state index in [-0.39, 0.29) is 18.1 Å². The number of likely N-dealkylation sites (tertiary alicyclic amines) is 1. The molecule has 4 rings (SSSR count). The number of amides is 1. The number of carbonyl (C=O) groups is 1. The first kappa shape index (κ1) is 14.2. The van der Waals surface area contributed by atoms with Crippen LogP contribution in [0.1, 0.15) is 24.8 Å². The zero-order chi connectivity index (χ0) is 14.9. The molecular formula is C17H22N2O3. The van der Waals surface area contributed by atoms with Crippen LogP contribution in [0.2, 0.25) is 0 Å². The smallest absolute Gasteiger partial charge is 0.223 e. The summed E-state index contributed by atoms with van der Waals surface area (Å²) in [5.41, 5.74) is 1.07. The summed E-state index contributed by atoms with van der Waals surface area (Å²) in [6, 6.07) is 4.14. The highest BCUT2D eigenvalue weighted by molar-refractivity contribution is 5.77. The molecule has 0 bridgehead atoms. The molecule has 1 saturated carbocycles. The summed E-state index contributed by atoms with van der Waals surface area (Å²) in [5.74, 6) is 1.24. The second-order valence-electron chi connectivity index (χ2n) is 6.67. The predicted octanol–water partition coefficient (Wildman–Crippen LogP) is 1.62.